The van der Waals surface area contributed by atoms with Crippen molar-refractivity contribution in [3.05, 3.63) is 69.7 Å². The van der Waals surface area contributed by atoms with Crippen LogP contribution in [0.5, 0.6) is 0 Å². The quantitative estimate of drug-likeness (QED) is 0.873. The summed E-state index contributed by atoms with van der Waals surface area (Å²) in [5.74, 6) is -1.46. The van der Waals surface area contributed by atoms with Crippen molar-refractivity contribution < 1.29 is 13.9 Å². The summed E-state index contributed by atoms with van der Waals surface area (Å²) in [6, 6.07) is 8.09. The summed E-state index contributed by atoms with van der Waals surface area (Å²) >= 11 is 6.07. The lowest BCUT2D eigenvalue weighted by Gasteiger charge is -2.14. The van der Waals surface area contributed by atoms with E-state index >= 15 is 0 Å². The number of rotatable bonds is 2. The Morgan fingerprint density at radius 2 is 1.72 bits per heavy atom. The molecule has 2 rings (SSSR count). The second-order valence-corrected chi connectivity index (χ2v) is 4.46. The van der Waals surface area contributed by atoms with E-state index in [1.165, 1.54) is 0 Å². The van der Waals surface area contributed by atoms with Gasteiger partial charge in [-0.1, -0.05) is 29.8 Å². The lowest BCUT2D eigenvalue weighted by Crippen LogP contribution is -2.02. The molecule has 0 bridgehead atoms. The number of aliphatic hydroxyl groups excluding tert-OH is 1. The fraction of sp³-hybridized carbons (Fsp3) is 0.143. The zero-order valence-corrected chi connectivity index (χ0v) is 10.4. The Morgan fingerprint density at radius 1 is 1.11 bits per heavy atom. The Bertz CT molecular complexity index is 564. The molecule has 0 aliphatic rings. The van der Waals surface area contributed by atoms with Crippen LogP contribution in [0.2, 0.25) is 5.02 Å². The van der Waals surface area contributed by atoms with Crippen molar-refractivity contribution in [3.63, 3.8) is 0 Å². The molecule has 1 atom stereocenters. The van der Waals surface area contributed by atoms with Gasteiger partial charge in [0.25, 0.3) is 0 Å². The van der Waals surface area contributed by atoms with Crippen molar-refractivity contribution in [2.75, 3.05) is 0 Å². The number of aliphatic hydroxyl groups is 1. The summed E-state index contributed by atoms with van der Waals surface area (Å²) in [6.07, 6.45) is -1.15. The van der Waals surface area contributed by atoms with Gasteiger partial charge >= 0.3 is 0 Å². The normalized spacial score (nSPS) is 12.5. The number of hydrogen-bond donors (Lipinski definition) is 1. The molecule has 0 aliphatic carbocycles. The SMILES string of the molecule is Cc1cccc(C(O)c2cc(F)cc(F)c2)c1Cl. The minimum atomic E-state index is -1.15. The molecular formula is C14H11ClF2O. The summed E-state index contributed by atoms with van der Waals surface area (Å²) in [6.45, 7) is 1.80. The Morgan fingerprint density at radius 3 is 2.33 bits per heavy atom. The summed E-state index contributed by atoms with van der Waals surface area (Å²) in [7, 11) is 0. The third-order valence-corrected chi connectivity index (χ3v) is 3.23. The Kier molecular flexibility index (Phi) is 3.64. The molecule has 0 saturated heterocycles. The topological polar surface area (TPSA) is 20.2 Å². The van der Waals surface area contributed by atoms with Crippen LogP contribution in [-0.2, 0) is 0 Å². The fourth-order valence-corrected chi connectivity index (χ4v) is 2.02. The fourth-order valence-electron chi connectivity index (χ4n) is 1.79. The lowest BCUT2D eigenvalue weighted by atomic mass is 9.99. The first-order valence-corrected chi connectivity index (χ1v) is 5.76. The van der Waals surface area contributed by atoms with E-state index in [2.05, 4.69) is 0 Å². The van der Waals surface area contributed by atoms with Gasteiger partial charge in [0.1, 0.15) is 17.7 Å². The lowest BCUT2D eigenvalue weighted by molar-refractivity contribution is 0.219. The minimum absolute atomic E-state index is 0.139. The Hall–Kier alpha value is -1.45. The molecule has 0 saturated carbocycles. The predicted octanol–water partition coefficient (Wildman–Crippen LogP) is 4.01. The molecule has 0 amide bonds. The van der Waals surface area contributed by atoms with Crippen LogP contribution < -0.4 is 0 Å². The zero-order chi connectivity index (χ0) is 13.3. The van der Waals surface area contributed by atoms with E-state index in [1.807, 2.05) is 0 Å². The third kappa shape index (κ3) is 2.52. The molecule has 0 aromatic heterocycles. The molecule has 1 N–H and O–H groups in total. The number of benzene rings is 2. The summed E-state index contributed by atoms with van der Waals surface area (Å²) in [4.78, 5) is 0. The van der Waals surface area contributed by atoms with Gasteiger partial charge in [-0.2, -0.15) is 0 Å². The van der Waals surface area contributed by atoms with Gasteiger partial charge in [-0.05, 0) is 30.2 Å². The molecule has 94 valence electrons. The van der Waals surface area contributed by atoms with E-state index in [0.29, 0.717) is 10.6 Å². The van der Waals surface area contributed by atoms with Crippen molar-refractivity contribution in [3.8, 4) is 0 Å². The molecule has 0 fully saturated rings. The minimum Gasteiger partial charge on any atom is -0.384 e. The van der Waals surface area contributed by atoms with E-state index < -0.39 is 17.7 Å². The van der Waals surface area contributed by atoms with Gasteiger partial charge in [0.05, 0.1) is 0 Å². The molecule has 0 radical (unpaired) electrons. The van der Waals surface area contributed by atoms with Gasteiger partial charge < -0.3 is 5.11 Å². The summed E-state index contributed by atoms with van der Waals surface area (Å²) < 4.78 is 26.2. The van der Waals surface area contributed by atoms with Gasteiger partial charge in [0.15, 0.2) is 0 Å². The van der Waals surface area contributed by atoms with Gasteiger partial charge in [-0.3, -0.25) is 0 Å². The van der Waals surface area contributed by atoms with Gasteiger partial charge in [0, 0.05) is 16.7 Å². The maximum absolute atomic E-state index is 13.1. The van der Waals surface area contributed by atoms with E-state index in [4.69, 9.17) is 11.6 Å². The van der Waals surface area contributed by atoms with Crippen LogP contribution in [0.15, 0.2) is 36.4 Å². The molecule has 1 nitrogen and oxygen atoms in total. The Labute approximate surface area is 109 Å². The zero-order valence-electron chi connectivity index (χ0n) is 9.62. The molecule has 0 aliphatic heterocycles. The van der Waals surface area contributed by atoms with Gasteiger partial charge in [-0.25, -0.2) is 8.78 Å². The molecular weight excluding hydrogens is 258 g/mol. The van der Waals surface area contributed by atoms with Gasteiger partial charge in [-0.15, -0.1) is 0 Å². The molecule has 4 heteroatoms. The number of hydrogen-bond acceptors (Lipinski definition) is 1. The monoisotopic (exact) mass is 268 g/mol. The smallest absolute Gasteiger partial charge is 0.126 e. The van der Waals surface area contributed by atoms with E-state index in [-0.39, 0.29) is 5.56 Å². The maximum atomic E-state index is 13.1. The van der Waals surface area contributed by atoms with Crippen molar-refractivity contribution in [1.29, 1.82) is 0 Å². The first-order chi connectivity index (χ1) is 8.49. The number of aryl methyl sites for hydroxylation is 1. The van der Waals surface area contributed by atoms with Crippen molar-refractivity contribution in [1.82, 2.24) is 0 Å². The highest BCUT2D eigenvalue weighted by atomic mass is 35.5. The van der Waals surface area contributed by atoms with E-state index in [1.54, 1.807) is 25.1 Å². The second kappa shape index (κ2) is 5.04. The van der Waals surface area contributed by atoms with Crippen LogP contribution in [0.3, 0.4) is 0 Å². The van der Waals surface area contributed by atoms with E-state index in [9.17, 15) is 13.9 Å². The maximum Gasteiger partial charge on any atom is 0.126 e. The Balaban J connectivity index is 2.47. The van der Waals surface area contributed by atoms with Crippen LogP contribution in [-0.4, -0.2) is 5.11 Å². The highest BCUT2D eigenvalue weighted by Crippen LogP contribution is 2.30. The average molecular weight is 269 g/mol. The second-order valence-electron chi connectivity index (χ2n) is 4.08. The summed E-state index contributed by atoms with van der Waals surface area (Å²) in [5, 5.41) is 10.5. The predicted molar refractivity (Wildman–Crippen MR) is 66.6 cm³/mol. The average Bonchev–Trinajstić information content (AvgIpc) is 2.30. The number of halogens is 3. The first-order valence-electron chi connectivity index (χ1n) is 5.38. The van der Waals surface area contributed by atoms with E-state index in [0.717, 1.165) is 23.8 Å². The summed E-state index contributed by atoms with van der Waals surface area (Å²) in [5.41, 5.74) is 1.37. The molecule has 1 unspecified atom stereocenters. The standard InChI is InChI=1S/C14H11ClF2O/c1-8-3-2-4-12(13(8)15)14(18)9-5-10(16)7-11(17)6-9/h2-7,14,18H,1H3. The molecule has 0 spiro atoms. The van der Waals surface area contributed by atoms with Crippen LogP contribution >= 0.6 is 11.6 Å². The van der Waals surface area contributed by atoms with Crippen LogP contribution in [0, 0.1) is 18.6 Å². The molecule has 0 heterocycles. The van der Waals surface area contributed by atoms with Crippen molar-refractivity contribution >= 4 is 11.6 Å². The molecule has 18 heavy (non-hydrogen) atoms. The van der Waals surface area contributed by atoms with Crippen molar-refractivity contribution in [2.45, 2.75) is 13.0 Å². The third-order valence-electron chi connectivity index (χ3n) is 2.72. The van der Waals surface area contributed by atoms with Crippen LogP contribution in [0.4, 0.5) is 8.78 Å². The highest BCUT2D eigenvalue weighted by molar-refractivity contribution is 6.32. The first kappa shape index (κ1) is 13.0. The van der Waals surface area contributed by atoms with Crippen LogP contribution in [0.25, 0.3) is 0 Å². The van der Waals surface area contributed by atoms with Crippen molar-refractivity contribution in [2.24, 2.45) is 0 Å². The van der Waals surface area contributed by atoms with Gasteiger partial charge in [0.2, 0.25) is 0 Å². The highest BCUT2D eigenvalue weighted by Gasteiger charge is 2.16. The molecule has 2 aromatic rings. The largest absolute Gasteiger partial charge is 0.384 e. The van der Waals surface area contributed by atoms with Crippen LogP contribution in [0.1, 0.15) is 22.8 Å². The molecule has 2 aromatic carbocycles.